The topological polar surface area (TPSA) is 21.3 Å². The smallest absolute Gasteiger partial charge is 0.0863 e. The summed E-state index contributed by atoms with van der Waals surface area (Å²) in [5.41, 5.74) is 0.564. The average Bonchev–Trinajstić information content (AvgIpc) is 2.29. The second kappa shape index (κ2) is 3.21. The van der Waals surface area contributed by atoms with Crippen LogP contribution < -0.4 is 5.32 Å². The minimum atomic E-state index is 0.113. The maximum Gasteiger partial charge on any atom is 0.0863 e. The summed E-state index contributed by atoms with van der Waals surface area (Å²) in [5.74, 6) is 0.681. The van der Waals surface area contributed by atoms with Gasteiger partial charge in [0.25, 0.3) is 0 Å². The highest BCUT2D eigenvalue weighted by Gasteiger charge is 2.53. The lowest BCUT2D eigenvalue weighted by Crippen LogP contribution is -2.58. The quantitative estimate of drug-likeness (QED) is 0.643. The molecular formula is C12H23NO. The molecular weight excluding hydrogens is 174 g/mol. The molecule has 0 bridgehead atoms. The van der Waals surface area contributed by atoms with E-state index in [-0.39, 0.29) is 5.60 Å². The van der Waals surface area contributed by atoms with Crippen LogP contribution in [-0.4, -0.2) is 24.8 Å². The van der Waals surface area contributed by atoms with Crippen molar-refractivity contribution >= 4 is 0 Å². The first-order chi connectivity index (χ1) is 6.46. The third-order valence-electron chi connectivity index (χ3n) is 4.10. The zero-order chi connectivity index (χ0) is 10.4. The standard InChI is InChI=1S/C12H23NO/c1-9-7-11(3,4)8-12(9)10(2)13-5-6-14-12/h9-10,13H,5-8H2,1-4H3. The first-order valence-electron chi connectivity index (χ1n) is 5.84. The maximum absolute atomic E-state index is 6.12. The molecule has 14 heavy (non-hydrogen) atoms. The molecule has 1 aliphatic carbocycles. The molecule has 1 saturated carbocycles. The van der Waals surface area contributed by atoms with E-state index in [1.165, 1.54) is 12.8 Å². The summed E-state index contributed by atoms with van der Waals surface area (Å²) in [4.78, 5) is 0. The van der Waals surface area contributed by atoms with Crippen LogP contribution in [0.4, 0.5) is 0 Å². The first-order valence-corrected chi connectivity index (χ1v) is 5.84. The van der Waals surface area contributed by atoms with E-state index in [0.717, 1.165) is 13.2 Å². The zero-order valence-electron chi connectivity index (χ0n) is 9.89. The normalized spacial score (nSPS) is 47.1. The van der Waals surface area contributed by atoms with Gasteiger partial charge >= 0.3 is 0 Å². The lowest BCUT2D eigenvalue weighted by Gasteiger charge is -2.44. The van der Waals surface area contributed by atoms with Gasteiger partial charge in [-0.2, -0.15) is 0 Å². The van der Waals surface area contributed by atoms with Crippen LogP contribution in [0.2, 0.25) is 0 Å². The number of rotatable bonds is 0. The van der Waals surface area contributed by atoms with Crippen molar-refractivity contribution in [2.45, 2.75) is 52.2 Å². The van der Waals surface area contributed by atoms with Crippen molar-refractivity contribution in [2.24, 2.45) is 11.3 Å². The van der Waals surface area contributed by atoms with Gasteiger partial charge in [-0.15, -0.1) is 0 Å². The second-order valence-electron chi connectivity index (χ2n) is 5.93. The Kier molecular flexibility index (Phi) is 2.39. The Hall–Kier alpha value is -0.0800. The van der Waals surface area contributed by atoms with Gasteiger partial charge in [0.15, 0.2) is 0 Å². The highest BCUT2D eigenvalue weighted by Crippen LogP contribution is 2.51. The largest absolute Gasteiger partial charge is 0.372 e. The molecule has 0 aromatic carbocycles. The lowest BCUT2D eigenvalue weighted by atomic mass is 9.83. The molecule has 1 aliphatic heterocycles. The molecule has 1 N–H and O–H groups in total. The fourth-order valence-electron chi connectivity index (χ4n) is 3.58. The predicted octanol–water partition coefficient (Wildman–Crippen LogP) is 2.19. The van der Waals surface area contributed by atoms with Crippen LogP contribution in [0.1, 0.15) is 40.5 Å². The molecule has 2 nitrogen and oxygen atoms in total. The summed E-state index contributed by atoms with van der Waals surface area (Å²) in [6.45, 7) is 11.2. The van der Waals surface area contributed by atoms with Crippen molar-refractivity contribution in [3.63, 3.8) is 0 Å². The van der Waals surface area contributed by atoms with E-state index in [1.54, 1.807) is 0 Å². The fourth-order valence-corrected chi connectivity index (χ4v) is 3.58. The van der Waals surface area contributed by atoms with Crippen molar-refractivity contribution in [1.82, 2.24) is 5.32 Å². The Morgan fingerprint density at radius 2 is 2.00 bits per heavy atom. The fraction of sp³-hybridized carbons (Fsp3) is 1.00. The van der Waals surface area contributed by atoms with Crippen molar-refractivity contribution in [2.75, 3.05) is 13.2 Å². The molecule has 0 amide bonds. The molecule has 2 fully saturated rings. The van der Waals surface area contributed by atoms with Gasteiger partial charge in [0, 0.05) is 12.6 Å². The Balaban J connectivity index is 2.22. The molecule has 2 rings (SSSR count). The minimum absolute atomic E-state index is 0.113. The SMILES string of the molecule is CC1CC(C)(C)CC12OCCNC2C. The van der Waals surface area contributed by atoms with E-state index in [1.807, 2.05) is 0 Å². The van der Waals surface area contributed by atoms with Gasteiger partial charge in [-0.3, -0.25) is 0 Å². The Morgan fingerprint density at radius 1 is 1.29 bits per heavy atom. The zero-order valence-corrected chi connectivity index (χ0v) is 9.89. The van der Waals surface area contributed by atoms with Gasteiger partial charge in [-0.1, -0.05) is 20.8 Å². The summed E-state index contributed by atoms with van der Waals surface area (Å²) >= 11 is 0. The van der Waals surface area contributed by atoms with Gasteiger partial charge in [0.05, 0.1) is 12.2 Å². The highest BCUT2D eigenvalue weighted by molar-refractivity contribution is 5.06. The van der Waals surface area contributed by atoms with Crippen LogP contribution in [0, 0.1) is 11.3 Å². The molecule has 2 heteroatoms. The first kappa shape index (κ1) is 10.4. The molecule has 1 spiro atoms. The molecule has 0 aromatic rings. The monoisotopic (exact) mass is 197 g/mol. The van der Waals surface area contributed by atoms with E-state index in [0.29, 0.717) is 17.4 Å². The van der Waals surface area contributed by atoms with Gasteiger partial charge in [-0.25, -0.2) is 0 Å². The second-order valence-corrected chi connectivity index (χ2v) is 5.93. The maximum atomic E-state index is 6.12. The average molecular weight is 197 g/mol. The molecule has 3 unspecified atom stereocenters. The van der Waals surface area contributed by atoms with Crippen molar-refractivity contribution < 1.29 is 4.74 Å². The number of morpholine rings is 1. The van der Waals surface area contributed by atoms with Gasteiger partial charge in [0.1, 0.15) is 0 Å². The molecule has 0 aromatic heterocycles. The number of hydrogen-bond donors (Lipinski definition) is 1. The van der Waals surface area contributed by atoms with Crippen LogP contribution in [0.25, 0.3) is 0 Å². The van der Waals surface area contributed by atoms with Gasteiger partial charge in [-0.05, 0) is 31.1 Å². The Bertz CT molecular complexity index is 226. The van der Waals surface area contributed by atoms with Crippen LogP contribution in [0.15, 0.2) is 0 Å². The van der Waals surface area contributed by atoms with E-state index in [9.17, 15) is 0 Å². The number of ether oxygens (including phenoxy) is 1. The summed E-state index contributed by atoms with van der Waals surface area (Å²) in [6.07, 6.45) is 2.49. The van der Waals surface area contributed by atoms with E-state index in [4.69, 9.17) is 4.74 Å². The summed E-state index contributed by atoms with van der Waals surface area (Å²) in [7, 11) is 0. The highest BCUT2D eigenvalue weighted by atomic mass is 16.5. The third-order valence-corrected chi connectivity index (χ3v) is 4.10. The third kappa shape index (κ3) is 1.49. The van der Waals surface area contributed by atoms with E-state index < -0.39 is 0 Å². The van der Waals surface area contributed by atoms with Crippen LogP contribution in [-0.2, 0) is 4.74 Å². The van der Waals surface area contributed by atoms with E-state index >= 15 is 0 Å². The van der Waals surface area contributed by atoms with E-state index in [2.05, 4.69) is 33.0 Å². The molecule has 2 aliphatic rings. The lowest BCUT2D eigenvalue weighted by molar-refractivity contribution is -0.115. The van der Waals surface area contributed by atoms with Gasteiger partial charge < -0.3 is 10.1 Å². The van der Waals surface area contributed by atoms with Gasteiger partial charge in [0.2, 0.25) is 0 Å². The molecule has 1 saturated heterocycles. The molecule has 3 atom stereocenters. The molecule has 1 heterocycles. The Labute approximate surface area is 87.4 Å². The van der Waals surface area contributed by atoms with Crippen LogP contribution >= 0.6 is 0 Å². The number of nitrogens with one attached hydrogen (secondary N) is 1. The minimum Gasteiger partial charge on any atom is -0.372 e. The summed E-state index contributed by atoms with van der Waals surface area (Å²) in [6, 6.07) is 0.507. The molecule has 82 valence electrons. The predicted molar refractivity (Wildman–Crippen MR) is 58.3 cm³/mol. The van der Waals surface area contributed by atoms with Crippen LogP contribution in [0.5, 0.6) is 0 Å². The molecule has 0 radical (unpaired) electrons. The van der Waals surface area contributed by atoms with Crippen LogP contribution in [0.3, 0.4) is 0 Å². The summed E-state index contributed by atoms with van der Waals surface area (Å²) in [5, 5.41) is 3.56. The summed E-state index contributed by atoms with van der Waals surface area (Å²) < 4.78 is 6.12. The van der Waals surface area contributed by atoms with Crippen molar-refractivity contribution in [1.29, 1.82) is 0 Å². The van der Waals surface area contributed by atoms with Crippen molar-refractivity contribution in [3.8, 4) is 0 Å². The Morgan fingerprint density at radius 3 is 2.50 bits per heavy atom. The number of hydrogen-bond acceptors (Lipinski definition) is 2. The van der Waals surface area contributed by atoms with Crippen molar-refractivity contribution in [3.05, 3.63) is 0 Å².